The molecule has 0 spiro atoms. The molecule has 0 bridgehead atoms. The van der Waals surface area contributed by atoms with Gasteiger partial charge < -0.3 is 15.0 Å². The predicted octanol–water partition coefficient (Wildman–Crippen LogP) is 2.11. The van der Waals surface area contributed by atoms with Crippen molar-refractivity contribution in [3.63, 3.8) is 0 Å². The highest BCUT2D eigenvalue weighted by molar-refractivity contribution is 5.84. The van der Waals surface area contributed by atoms with E-state index in [2.05, 4.69) is 5.32 Å². The third kappa shape index (κ3) is 6.26. The van der Waals surface area contributed by atoms with Gasteiger partial charge in [-0.05, 0) is 49.9 Å². The Bertz CT molecular complexity index is 513. The second-order valence-electron chi connectivity index (χ2n) is 5.62. The number of ether oxygens (including phenoxy) is 1. The Morgan fingerprint density at radius 3 is 2.52 bits per heavy atom. The van der Waals surface area contributed by atoms with Gasteiger partial charge in [0.1, 0.15) is 11.6 Å². The summed E-state index contributed by atoms with van der Waals surface area (Å²) in [5.41, 5.74) is 0. The molecule has 1 aromatic rings. The molecule has 1 aliphatic heterocycles. The number of halogens is 1. The minimum absolute atomic E-state index is 0.0133. The van der Waals surface area contributed by atoms with E-state index < -0.39 is 0 Å². The van der Waals surface area contributed by atoms with Crippen molar-refractivity contribution in [2.45, 2.75) is 32.1 Å². The number of hydrogen-bond donors (Lipinski definition) is 1. The van der Waals surface area contributed by atoms with E-state index in [1.807, 2.05) is 0 Å². The van der Waals surface area contributed by atoms with Gasteiger partial charge in [-0.15, -0.1) is 0 Å². The number of piperidine rings is 1. The molecule has 0 radical (unpaired) electrons. The van der Waals surface area contributed by atoms with E-state index in [9.17, 15) is 14.0 Å². The van der Waals surface area contributed by atoms with Gasteiger partial charge in [-0.25, -0.2) is 4.39 Å². The van der Waals surface area contributed by atoms with Crippen molar-refractivity contribution in [1.29, 1.82) is 0 Å². The van der Waals surface area contributed by atoms with Gasteiger partial charge in [-0.2, -0.15) is 0 Å². The Morgan fingerprint density at radius 2 is 1.83 bits per heavy atom. The van der Waals surface area contributed by atoms with Crippen LogP contribution in [0.5, 0.6) is 5.75 Å². The number of carbonyl (C=O) groups is 2. The zero-order valence-electron chi connectivity index (χ0n) is 13.2. The standard InChI is InChI=1S/C17H23FN2O3/c18-14-6-8-15(9-7-14)23-12-4-5-16(21)19-13-17(22)20-10-2-1-3-11-20/h6-9H,1-5,10-13H2,(H,19,21). The van der Waals surface area contributed by atoms with Crippen LogP contribution < -0.4 is 10.1 Å². The summed E-state index contributed by atoms with van der Waals surface area (Å²) in [6.45, 7) is 2.03. The number of hydrogen-bond acceptors (Lipinski definition) is 3. The fourth-order valence-electron chi connectivity index (χ4n) is 2.47. The molecule has 2 rings (SSSR count). The van der Waals surface area contributed by atoms with Crippen LogP contribution >= 0.6 is 0 Å². The average molecular weight is 322 g/mol. The Morgan fingerprint density at radius 1 is 1.13 bits per heavy atom. The molecule has 1 heterocycles. The van der Waals surface area contributed by atoms with Crippen molar-refractivity contribution in [1.82, 2.24) is 10.2 Å². The molecule has 1 fully saturated rings. The summed E-state index contributed by atoms with van der Waals surface area (Å²) in [5, 5.41) is 2.65. The number of nitrogens with zero attached hydrogens (tertiary/aromatic N) is 1. The third-order valence-corrected chi connectivity index (χ3v) is 3.78. The van der Waals surface area contributed by atoms with E-state index in [4.69, 9.17) is 4.74 Å². The van der Waals surface area contributed by atoms with Gasteiger partial charge in [0.05, 0.1) is 13.2 Å². The molecule has 5 nitrogen and oxygen atoms in total. The maximum absolute atomic E-state index is 12.7. The zero-order valence-corrected chi connectivity index (χ0v) is 13.2. The van der Waals surface area contributed by atoms with E-state index in [0.29, 0.717) is 25.2 Å². The molecule has 0 atom stereocenters. The maximum Gasteiger partial charge on any atom is 0.241 e. The number of benzene rings is 1. The van der Waals surface area contributed by atoms with Gasteiger partial charge in [0, 0.05) is 19.5 Å². The fourth-order valence-corrected chi connectivity index (χ4v) is 2.47. The van der Waals surface area contributed by atoms with Crippen LogP contribution in [0.1, 0.15) is 32.1 Å². The second kappa shape index (κ2) is 9.12. The van der Waals surface area contributed by atoms with Crippen molar-refractivity contribution in [2.24, 2.45) is 0 Å². The normalized spacial score (nSPS) is 14.4. The fraction of sp³-hybridized carbons (Fsp3) is 0.529. The van der Waals surface area contributed by atoms with Crippen molar-refractivity contribution < 1.29 is 18.7 Å². The van der Waals surface area contributed by atoms with Crippen LogP contribution in [0.2, 0.25) is 0 Å². The predicted molar refractivity (Wildman–Crippen MR) is 84.6 cm³/mol. The van der Waals surface area contributed by atoms with Gasteiger partial charge in [0.2, 0.25) is 11.8 Å². The maximum atomic E-state index is 12.7. The van der Waals surface area contributed by atoms with Crippen LogP contribution in [0.3, 0.4) is 0 Å². The lowest BCUT2D eigenvalue weighted by molar-refractivity contribution is -0.133. The highest BCUT2D eigenvalue weighted by Gasteiger charge is 2.16. The Balaban J connectivity index is 1.56. The van der Waals surface area contributed by atoms with Crippen molar-refractivity contribution >= 4 is 11.8 Å². The van der Waals surface area contributed by atoms with E-state index in [1.54, 1.807) is 17.0 Å². The largest absolute Gasteiger partial charge is 0.494 e. The van der Waals surface area contributed by atoms with Crippen LogP contribution in [-0.2, 0) is 9.59 Å². The first-order chi connectivity index (χ1) is 11.1. The van der Waals surface area contributed by atoms with Gasteiger partial charge >= 0.3 is 0 Å². The average Bonchev–Trinajstić information content (AvgIpc) is 2.59. The zero-order chi connectivity index (χ0) is 16.5. The Hall–Kier alpha value is -2.11. The summed E-state index contributed by atoms with van der Waals surface area (Å²) in [5.74, 6) is 0.0980. The molecule has 0 aromatic heterocycles. The molecular weight excluding hydrogens is 299 g/mol. The third-order valence-electron chi connectivity index (χ3n) is 3.78. The summed E-state index contributed by atoms with van der Waals surface area (Å²) in [7, 11) is 0. The lowest BCUT2D eigenvalue weighted by atomic mass is 10.1. The highest BCUT2D eigenvalue weighted by Crippen LogP contribution is 2.11. The quantitative estimate of drug-likeness (QED) is 0.782. The lowest BCUT2D eigenvalue weighted by Crippen LogP contribution is -2.42. The number of nitrogens with one attached hydrogen (secondary N) is 1. The SMILES string of the molecule is O=C(CCCOc1ccc(F)cc1)NCC(=O)N1CCCCC1. The van der Waals surface area contributed by atoms with E-state index in [1.165, 1.54) is 18.6 Å². The molecule has 2 amide bonds. The Labute approximate surface area is 135 Å². The van der Waals surface area contributed by atoms with Crippen LogP contribution in [0, 0.1) is 5.82 Å². The highest BCUT2D eigenvalue weighted by atomic mass is 19.1. The van der Waals surface area contributed by atoms with E-state index in [-0.39, 0.29) is 24.2 Å². The lowest BCUT2D eigenvalue weighted by Gasteiger charge is -2.26. The second-order valence-corrected chi connectivity index (χ2v) is 5.62. The summed E-state index contributed by atoms with van der Waals surface area (Å²) < 4.78 is 18.1. The number of rotatable bonds is 7. The molecule has 1 aromatic carbocycles. The first-order valence-corrected chi connectivity index (χ1v) is 8.08. The molecule has 1 aliphatic rings. The molecule has 23 heavy (non-hydrogen) atoms. The van der Waals surface area contributed by atoms with Crippen molar-refractivity contribution in [3.8, 4) is 5.75 Å². The number of carbonyl (C=O) groups excluding carboxylic acids is 2. The van der Waals surface area contributed by atoms with Crippen LogP contribution in [-0.4, -0.2) is 43.0 Å². The number of amides is 2. The van der Waals surface area contributed by atoms with Crippen molar-refractivity contribution in [2.75, 3.05) is 26.2 Å². The summed E-state index contributed by atoms with van der Waals surface area (Å²) in [6.07, 6.45) is 4.10. The summed E-state index contributed by atoms with van der Waals surface area (Å²) in [6, 6.07) is 5.75. The Kier molecular flexibility index (Phi) is 6.84. The monoisotopic (exact) mass is 322 g/mol. The van der Waals surface area contributed by atoms with Gasteiger partial charge in [0.25, 0.3) is 0 Å². The molecule has 126 valence electrons. The molecule has 1 saturated heterocycles. The van der Waals surface area contributed by atoms with Crippen molar-refractivity contribution in [3.05, 3.63) is 30.1 Å². The van der Waals surface area contributed by atoms with Gasteiger partial charge in [0.15, 0.2) is 0 Å². The number of likely N-dealkylation sites (tertiary alicyclic amines) is 1. The molecule has 0 unspecified atom stereocenters. The van der Waals surface area contributed by atoms with E-state index in [0.717, 1.165) is 25.9 Å². The van der Waals surface area contributed by atoms with Crippen LogP contribution in [0.15, 0.2) is 24.3 Å². The van der Waals surface area contributed by atoms with Gasteiger partial charge in [-0.3, -0.25) is 9.59 Å². The van der Waals surface area contributed by atoms with E-state index >= 15 is 0 Å². The minimum atomic E-state index is -0.310. The van der Waals surface area contributed by atoms with Crippen LogP contribution in [0.4, 0.5) is 4.39 Å². The molecule has 1 N–H and O–H groups in total. The summed E-state index contributed by atoms with van der Waals surface area (Å²) >= 11 is 0. The van der Waals surface area contributed by atoms with Crippen LogP contribution in [0.25, 0.3) is 0 Å². The topological polar surface area (TPSA) is 58.6 Å². The minimum Gasteiger partial charge on any atom is -0.494 e. The molecule has 0 aliphatic carbocycles. The summed E-state index contributed by atoms with van der Waals surface area (Å²) in [4.78, 5) is 25.4. The first kappa shape index (κ1) is 17.2. The molecule has 0 saturated carbocycles. The first-order valence-electron chi connectivity index (χ1n) is 8.08. The smallest absolute Gasteiger partial charge is 0.241 e. The van der Waals surface area contributed by atoms with Gasteiger partial charge in [-0.1, -0.05) is 0 Å². The molecule has 6 heteroatoms. The molecular formula is C17H23FN2O3.